The topological polar surface area (TPSA) is 83.8 Å². The predicted molar refractivity (Wildman–Crippen MR) is 64.0 cm³/mol. The van der Waals surface area contributed by atoms with Gasteiger partial charge in [-0.15, -0.1) is 0 Å². The van der Waals surface area contributed by atoms with E-state index in [-0.39, 0.29) is 17.7 Å². The van der Waals surface area contributed by atoms with Crippen LogP contribution in [0.25, 0.3) is 0 Å². The summed E-state index contributed by atoms with van der Waals surface area (Å²) in [5.41, 5.74) is -0.106. The Morgan fingerprint density at radius 3 is 2.53 bits per heavy atom. The summed E-state index contributed by atoms with van der Waals surface area (Å²) in [5, 5.41) is 19.5. The van der Waals surface area contributed by atoms with Crippen LogP contribution in [0.4, 0.5) is 4.39 Å². The first kappa shape index (κ1) is 15.3. The Bertz CT molecular complexity index is 486. The summed E-state index contributed by atoms with van der Waals surface area (Å²) >= 11 is 0. The van der Waals surface area contributed by atoms with Crippen LogP contribution in [0, 0.1) is 5.82 Å². The Morgan fingerprint density at radius 1 is 1.37 bits per heavy atom. The van der Waals surface area contributed by atoms with Gasteiger partial charge in [-0.2, -0.15) is 0 Å². The lowest BCUT2D eigenvalue weighted by molar-refractivity contribution is -0.159. The first-order chi connectivity index (χ1) is 8.88. The van der Waals surface area contributed by atoms with Crippen molar-refractivity contribution in [1.29, 1.82) is 0 Å². The molecule has 0 bridgehead atoms. The van der Waals surface area contributed by atoms with E-state index in [1.165, 1.54) is 13.0 Å². The number of aliphatic hydroxyl groups is 2. The van der Waals surface area contributed by atoms with E-state index in [9.17, 15) is 24.2 Å². The largest absolute Gasteiger partial charge is 0.464 e. The monoisotopic (exact) mass is 270 g/mol. The lowest BCUT2D eigenvalue weighted by Gasteiger charge is -2.18. The number of rotatable bonds is 5. The summed E-state index contributed by atoms with van der Waals surface area (Å²) in [5.74, 6) is -2.13. The standard InChI is InChI=1S/C13H15FO5/c1-3-19-13(18)12(17)11(16)10-6-8(14)4-5-9(10)7(2)15/h4-6,11-12,16-17H,3H2,1-2H3. The van der Waals surface area contributed by atoms with Gasteiger partial charge in [-0.05, 0) is 37.6 Å². The van der Waals surface area contributed by atoms with Crippen LogP contribution in [0.5, 0.6) is 0 Å². The van der Waals surface area contributed by atoms with E-state index in [1.807, 2.05) is 0 Å². The third-order valence-corrected chi connectivity index (χ3v) is 2.54. The van der Waals surface area contributed by atoms with E-state index in [1.54, 1.807) is 6.92 Å². The second-order valence-electron chi connectivity index (χ2n) is 3.93. The van der Waals surface area contributed by atoms with Crippen LogP contribution >= 0.6 is 0 Å². The van der Waals surface area contributed by atoms with Crippen molar-refractivity contribution in [3.05, 3.63) is 35.1 Å². The summed E-state index contributed by atoms with van der Waals surface area (Å²) in [6.45, 7) is 2.81. The van der Waals surface area contributed by atoms with Gasteiger partial charge in [-0.1, -0.05) is 0 Å². The molecule has 0 heterocycles. The molecule has 1 aromatic carbocycles. The van der Waals surface area contributed by atoms with Gasteiger partial charge in [0, 0.05) is 5.56 Å². The fourth-order valence-electron chi connectivity index (χ4n) is 1.63. The van der Waals surface area contributed by atoms with Gasteiger partial charge in [0.25, 0.3) is 0 Å². The lowest BCUT2D eigenvalue weighted by Crippen LogP contribution is -2.30. The molecule has 2 unspecified atom stereocenters. The fraction of sp³-hybridized carbons (Fsp3) is 0.385. The molecule has 19 heavy (non-hydrogen) atoms. The molecule has 0 spiro atoms. The minimum atomic E-state index is -1.88. The average Bonchev–Trinajstić information content (AvgIpc) is 2.36. The number of carbonyl (C=O) groups excluding carboxylic acids is 2. The quantitative estimate of drug-likeness (QED) is 0.615. The minimum Gasteiger partial charge on any atom is -0.464 e. The first-order valence-corrected chi connectivity index (χ1v) is 5.71. The molecule has 0 fully saturated rings. The van der Waals surface area contributed by atoms with Crippen molar-refractivity contribution in [1.82, 2.24) is 0 Å². The highest BCUT2D eigenvalue weighted by atomic mass is 19.1. The summed E-state index contributed by atoms with van der Waals surface area (Å²) in [6.07, 6.45) is -3.60. The maximum atomic E-state index is 13.2. The second-order valence-corrected chi connectivity index (χ2v) is 3.93. The Balaban J connectivity index is 3.10. The molecule has 2 atom stereocenters. The maximum absolute atomic E-state index is 13.2. The zero-order valence-electron chi connectivity index (χ0n) is 10.6. The smallest absolute Gasteiger partial charge is 0.338 e. The first-order valence-electron chi connectivity index (χ1n) is 5.71. The number of hydrogen-bond donors (Lipinski definition) is 2. The van der Waals surface area contributed by atoms with Gasteiger partial charge < -0.3 is 14.9 Å². The summed E-state index contributed by atoms with van der Waals surface area (Å²) in [7, 11) is 0. The van der Waals surface area contributed by atoms with Crippen molar-refractivity contribution >= 4 is 11.8 Å². The van der Waals surface area contributed by atoms with Crippen LogP contribution in [0.3, 0.4) is 0 Å². The number of ether oxygens (including phenoxy) is 1. The number of ketones is 1. The van der Waals surface area contributed by atoms with Crippen molar-refractivity contribution in [3.8, 4) is 0 Å². The average molecular weight is 270 g/mol. The molecule has 0 aromatic heterocycles. The van der Waals surface area contributed by atoms with Gasteiger partial charge in [0.15, 0.2) is 11.9 Å². The molecule has 5 nitrogen and oxygen atoms in total. The molecule has 0 aliphatic carbocycles. The summed E-state index contributed by atoms with van der Waals surface area (Å²) in [4.78, 5) is 22.7. The Kier molecular flexibility index (Phi) is 5.14. The van der Waals surface area contributed by atoms with Crippen molar-refractivity contribution < 1.29 is 28.9 Å². The highest BCUT2D eigenvalue weighted by Crippen LogP contribution is 2.23. The van der Waals surface area contributed by atoms with E-state index < -0.39 is 29.8 Å². The molecule has 104 valence electrons. The molecule has 0 saturated heterocycles. The van der Waals surface area contributed by atoms with Crippen LogP contribution in [-0.2, 0) is 9.53 Å². The summed E-state index contributed by atoms with van der Waals surface area (Å²) in [6, 6.07) is 3.15. The Hall–Kier alpha value is -1.79. The Labute approximate surface area is 109 Å². The van der Waals surface area contributed by atoms with Crippen molar-refractivity contribution in [2.24, 2.45) is 0 Å². The maximum Gasteiger partial charge on any atom is 0.338 e. The number of carbonyl (C=O) groups is 2. The number of halogens is 1. The minimum absolute atomic E-state index is 0.0331. The molecular weight excluding hydrogens is 255 g/mol. The van der Waals surface area contributed by atoms with Crippen molar-refractivity contribution in [3.63, 3.8) is 0 Å². The third kappa shape index (κ3) is 3.59. The van der Waals surface area contributed by atoms with Gasteiger partial charge in [0.1, 0.15) is 11.9 Å². The molecule has 0 amide bonds. The van der Waals surface area contributed by atoms with Crippen LogP contribution in [0.1, 0.15) is 35.9 Å². The number of aliphatic hydroxyl groups excluding tert-OH is 2. The van der Waals surface area contributed by atoms with E-state index in [2.05, 4.69) is 4.74 Å². The molecule has 2 N–H and O–H groups in total. The molecule has 0 aliphatic rings. The van der Waals surface area contributed by atoms with Gasteiger partial charge in [-0.3, -0.25) is 4.79 Å². The molecule has 1 aromatic rings. The highest BCUT2D eigenvalue weighted by molar-refractivity contribution is 5.96. The molecule has 0 radical (unpaired) electrons. The zero-order chi connectivity index (χ0) is 14.6. The van der Waals surface area contributed by atoms with Gasteiger partial charge in [0.05, 0.1) is 6.61 Å². The molecule has 0 saturated carbocycles. The molecular formula is C13H15FO5. The Morgan fingerprint density at radius 2 is 2.00 bits per heavy atom. The van der Waals surface area contributed by atoms with E-state index in [0.29, 0.717) is 0 Å². The van der Waals surface area contributed by atoms with Crippen LogP contribution in [0.2, 0.25) is 0 Å². The van der Waals surface area contributed by atoms with E-state index >= 15 is 0 Å². The third-order valence-electron chi connectivity index (χ3n) is 2.54. The van der Waals surface area contributed by atoms with Gasteiger partial charge in [-0.25, -0.2) is 9.18 Å². The summed E-state index contributed by atoms with van der Waals surface area (Å²) < 4.78 is 17.7. The number of Topliss-reactive ketones (excluding diaryl/α,β-unsaturated/α-hetero) is 1. The number of benzene rings is 1. The van der Waals surface area contributed by atoms with Gasteiger partial charge in [0.2, 0.25) is 0 Å². The van der Waals surface area contributed by atoms with E-state index in [4.69, 9.17) is 0 Å². The van der Waals surface area contributed by atoms with Crippen molar-refractivity contribution in [2.75, 3.05) is 6.61 Å². The molecule has 0 aliphatic heterocycles. The van der Waals surface area contributed by atoms with Crippen LogP contribution in [-0.4, -0.2) is 34.7 Å². The van der Waals surface area contributed by atoms with E-state index in [0.717, 1.165) is 12.1 Å². The second kappa shape index (κ2) is 6.40. The predicted octanol–water partition coefficient (Wildman–Crippen LogP) is 0.986. The number of esters is 1. The van der Waals surface area contributed by atoms with Gasteiger partial charge >= 0.3 is 5.97 Å². The normalized spacial score (nSPS) is 13.7. The van der Waals surface area contributed by atoms with Crippen molar-refractivity contribution in [2.45, 2.75) is 26.1 Å². The highest BCUT2D eigenvalue weighted by Gasteiger charge is 2.29. The molecule has 6 heteroatoms. The van der Waals surface area contributed by atoms with Crippen LogP contribution in [0.15, 0.2) is 18.2 Å². The molecule has 1 rings (SSSR count). The SMILES string of the molecule is CCOC(=O)C(O)C(O)c1cc(F)ccc1C(C)=O. The fourth-order valence-corrected chi connectivity index (χ4v) is 1.63. The zero-order valence-corrected chi connectivity index (χ0v) is 10.6. The lowest BCUT2D eigenvalue weighted by atomic mass is 9.96. The number of hydrogen-bond acceptors (Lipinski definition) is 5. The van der Waals surface area contributed by atoms with Crippen LogP contribution < -0.4 is 0 Å².